The molecule has 2 aromatic rings. The number of amides is 1. The van der Waals surface area contributed by atoms with Gasteiger partial charge in [0, 0.05) is 32.2 Å². The summed E-state index contributed by atoms with van der Waals surface area (Å²) < 4.78 is 11.4. The van der Waals surface area contributed by atoms with Crippen molar-refractivity contribution in [2.24, 2.45) is 10.7 Å². The molecular weight excluding hydrogens is 392 g/mol. The van der Waals surface area contributed by atoms with Crippen molar-refractivity contribution in [3.05, 3.63) is 52.7 Å². The summed E-state index contributed by atoms with van der Waals surface area (Å²) in [6, 6.07) is 10.0. The molecule has 1 fully saturated rings. The normalized spacial score (nSPS) is 18.8. The number of pyridine rings is 1. The number of carbonyl (C=O) groups is 1. The summed E-state index contributed by atoms with van der Waals surface area (Å²) >= 11 is 0. The number of aliphatic imine (C=N–C) groups is 1. The minimum absolute atomic E-state index is 0.115. The standard InChI is InChI=1S/C19H20N6O5/c20-19(22-17-6-5-13(11-21-17)25(27)28)24-9-7-23(8-10-24)18(26)16-12-29-14-3-1-2-4-15(14)30-16/h1-6,11,16H,7-10,12H2,(H2,20,21,22)/t16-/m0/s1. The Kier molecular flexibility index (Phi) is 5.33. The smallest absolute Gasteiger partial charge is 0.287 e. The Hall–Kier alpha value is -3.89. The lowest BCUT2D eigenvalue weighted by atomic mass is 10.2. The molecule has 1 amide bonds. The Labute approximate surface area is 171 Å². The monoisotopic (exact) mass is 412 g/mol. The molecule has 0 radical (unpaired) electrons. The van der Waals surface area contributed by atoms with Crippen LogP contribution >= 0.6 is 0 Å². The van der Waals surface area contributed by atoms with Crippen LogP contribution in [0.3, 0.4) is 0 Å². The molecule has 0 aliphatic carbocycles. The molecule has 2 aliphatic rings. The van der Waals surface area contributed by atoms with Crippen LogP contribution in [0.25, 0.3) is 0 Å². The molecule has 156 valence electrons. The second kappa shape index (κ2) is 8.23. The van der Waals surface area contributed by atoms with Crippen LogP contribution in [-0.4, -0.2) is 70.5 Å². The number of nitrogens with two attached hydrogens (primary N) is 1. The first-order chi connectivity index (χ1) is 14.5. The molecule has 2 N–H and O–H groups in total. The van der Waals surface area contributed by atoms with Crippen molar-refractivity contribution in [1.29, 1.82) is 0 Å². The quantitative estimate of drug-likeness (QED) is 0.340. The van der Waals surface area contributed by atoms with Crippen LogP contribution in [0.15, 0.2) is 47.6 Å². The van der Waals surface area contributed by atoms with E-state index in [9.17, 15) is 14.9 Å². The third-order valence-corrected chi connectivity index (χ3v) is 4.87. The summed E-state index contributed by atoms with van der Waals surface area (Å²) in [6.07, 6.45) is 0.453. The Morgan fingerprint density at radius 3 is 2.50 bits per heavy atom. The summed E-state index contributed by atoms with van der Waals surface area (Å²) in [5, 5.41) is 10.7. The molecule has 0 saturated carbocycles. The highest BCUT2D eigenvalue weighted by molar-refractivity contribution is 5.83. The number of hydrogen-bond acceptors (Lipinski definition) is 7. The van der Waals surface area contributed by atoms with Gasteiger partial charge in [-0.05, 0) is 18.2 Å². The summed E-state index contributed by atoms with van der Waals surface area (Å²) in [4.78, 5) is 34.6. The third kappa shape index (κ3) is 4.09. The van der Waals surface area contributed by atoms with Crippen molar-refractivity contribution >= 4 is 23.4 Å². The van der Waals surface area contributed by atoms with Gasteiger partial charge in [-0.1, -0.05) is 12.1 Å². The molecule has 1 aromatic carbocycles. The number of guanidine groups is 1. The van der Waals surface area contributed by atoms with Crippen molar-refractivity contribution < 1.29 is 19.2 Å². The molecule has 11 heteroatoms. The van der Waals surface area contributed by atoms with Crippen molar-refractivity contribution in [1.82, 2.24) is 14.8 Å². The number of nitro groups is 1. The molecule has 30 heavy (non-hydrogen) atoms. The van der Waals surface area contributed by atoms with Gasteiger partial charge in [-0.25, -0.2) is 4.98 Å². The Morgan fingerprint density at radius 1 is 1.13 bits per heavy atom. The van der Waals surface area contributed by atoms with E-state index in [0.717, 1.165) is 6.20 Å². The summed E-state index contributed by atoms with van der Waals surface area (Å²) in [5.74, 6) is 1.59. The fourth-order valence-corrected chi connectivity index (χ4v) is 3.24. The molecule has 1 atom stereocenters. The number of para-hydroxylation sites is 2. The number of fused-ring (bicyclic) bond motifs is 1. The van der Waals surface area contributed by atoms with Gasteiger partial charge in [0.05, 0.1) is 4.92 Å². The Morgan fingerprint density at radius 2 is 1.83 bits per heavy atom. The van der Waals surface area contributed by atoms with Gasteiger partial charge in [-0.2, -0.15) is 4.99 Å². The third-order valence-electron chi connectivity index (χ3n) is 4.87. The number of ether oxygens (including phenoxy) is 2. The van der Waals surface area contributed by atoms with Crippen LogP contribution in [0, 0.1) is 10.1 Å². The van der Waals surface area contributed by atoms with E-state index in [1.54, 1.807) is 17.0 Å². The molecular formula is C19H20N6O5. The zero-order chi connectivity index (χ0) is 21.1. The average Bonchev–Trinajstić information content (AvgIpc) is 2.78. The molecule has 1 saturated heterocycles. The maximum absolute atomic E-state index is 12.8. The zero-order valence-corrected chi connectivity index (χ0v) is 16.0. The van der Waals surface area contributed by atoms with Gasteiger partial charge < -0.3 is 25.0 Å². The van der Waals surface area contributed by atoms with Gasteiger partial charge >= 0.3 is 0 Å². The largest absolute Gasteiger partial charge is 0.485 e. The minimum Gasteiger partial charge on any atom is -0.485 e. The maximum atomic E-state index is 12.8. The van der Waals surface area contributed by atoms with Gasteiger partial charge in [-0.3, -0.25) is 14.9 Å². The fraction of sp³-hybridized carbons (Fsp3) is 0.316. The van der Waals surface area contributed by atoms with E-state index in [-0.39, 0.29) is 30.0 Å². The van der Waals surface area contributed by atoms with Crippen LogP contribution in [0.4, 0.5) is 11.5 Å². The van der Waals surface area contributed by atoms with E-state index in [4.69, 9.17) is 15.2 Å². The second-order valence-corrected chi connectivity index (χ2v) is 6.78. The number of aromatic nitrogens is 1. The molecule has 3 heterocycles. The summed E-state index contributed by atoms with van der Waals surface area (Å²) in [5.41, 5.74) is 5.94. The zero-order valence-electron chi connectivity index (χ0n) is 16.0. The van der Waals surface area contributed by atoms with Gasteiger partial charge in [0.25, 0.3) is 11.6 Å². The van der Waals surface area contributed by atoms with E-state index in [1.165, 1.54) is 12.1 Å². The first-order valence-corrected chi connectivity index (χ1v) is 9.38. The number of benzene rings is 1. The van der Waals surface area contributed by atoms with Crippen molar-refractivity contribution in [3.8, 4) is 11.5 Å². The van der Waals surface area contributed by atoms with E-state index in [1.807, 2.05) is 17.0 Å². The topological polar surface area (TPSA) is 136 Å². The molecule has 0 unspecified atom stereocenters. The fourth-order valence-electron chi connectivity index (χ4n) is 3.24. The van der Waals surface area contributed by atoms with Crippen LogP contribution < -0.4 is 15.2 Å². The van der Waals surface area contributed by atoms with Crippen LogP contribution in [0.1, 0.15) is 0 Å². The van der Waals surface area contributed by atoms with Crippen LogP contribution in [0.2, 0.25) is 0 Å². The SMILES string of the molecule is NC(=Nc1ccc([N+](=O)[O-])cn1)N1CCN(C(=O)[C@@H]2COc3ccccc3O2)CC1. The highest BCUT2D eigenvalue weighted by Crippen LogP contribution is 2.31. The van der Waals surface area contributed by atoms with Gasteiger partial charge in [0.1, 0.15) is 12.8 Å². The Bertz CT molecular complexity index is 972. The molecule has 4 rings (SSSR count). The van der Waals surface area contributed by atoms with Crippen LogP contribution in [0.5, 0.6) is 11.5 Å². The number of rotatable bonds is 3. The lowest BCUT2D eigenvalue weighted by Gasteiger charge is -2.37. The van der Waals surface area contributed by atoms with Crippen LogP contribution in [-0.2, 0) is 4.79 Å². The van der Waals surface area contributed by atoms with Gasteiger partial charge in [0.15, 0.2) is 23.3 Å². The van der Waals surface area contributed by atoms with E-state index >= 15 is 0 Å². The summed E-state index contributed by atoms with van der Waals surface area (Å²) in [7, 11) is 0. The van der Waals surface area contributed by atoms with Gasteiger partial charge in [0.2, 0.25) is 6.10 Å². The number of carbonyl (C=O) groups excluding carboxylic acids is 1. The highest BCUT2D eigenvalue weighted by Gasteiger charge is 2.33. The lowest BCUT2D eigenvalue weighted by Crippen LogP contribution is -2.56. The first-order valence-electron chi connectivity index (χ1n) is 9.38. The second-order valence-electron chi connectivity index (χ2n) is 6.78. The summed E-state index contributed by atoms with van der Waals surface area (Å²) in [6.45, 7) is 2.09. The van der Waals surface area contributed by atoms with E-state index < -0.39 is 11.0 Å². The molecule has 2 aliphatic heterocycles. The highest BCUT2D eigenvalue weighted by atomic mass is 16.6. The predicted molar refractivity (Wildman–Crippen MR) is 107 cm³/mol. The minimum atomic E-state index is -0.679. The van der Waals surface area contributed by atoms with Gasteiger partial charge in [-0.15, -0.1) is 0 Å². The van der Waals surface area contributed by atoms with Crippen molar-refractivity contribution in [3.63, 3.8) is 0 Å². The molecule has 11 nitrogen and oxygen atoms in total. The number of hydrogen-bond donors (Lipinski definition) is 1. The van der Waals surface area contributed by atoms with E-state index in [2.05, 4.69) is 9.98 Å². The molecule has 1 aromatic heterocycles. The van der Waals surface area contributed by atoms with Crippen molar-refractivity contribution in [2.45, 2.75) is 6.10 Å². The number of nitrogens with zero attached hydrogens (tertiary/aromatic N) is 5. The predicted octanol–water partition coefficient (Wildman–Crippen LogP) is 0.920. The lowest BCUT2D eigenvalue weighted by molar-refractivity contribution is -0.385. The Balaban J connectivity index is 1.33. The molecule has 0 bridgehead atoms. The first kappa shape index (κ1) is 19.4. The number of piperazine rings is 1. The average molecular weight is 412 g/mol. The molecule has 0 spiro atoms. The maximum Gasteiger partial charge on any atom is 0.287 e. The van der Waals surface area contributed by atoms with Crippen molar-refractivity contribution in [2.75, 3.05) is 32.8 Å². The van der Waals surface area contributed by atoms with E-state index in [0.29, 0.717) is 37.7 Å².